The van der Waals surface area contributed by atoms with E-state index in [1.807, 2.05) is 0 Å². The van der Waals surface area contributed by atoms with Gasteiger partial charge in [-0.25, -0.2) is 17.2 Å². The molecule has 0 amide bonds. The number of rotatable bonds is 4. The van der Waals surface area contributed by atoms with Crippen molar-refractivity contribution in [2.24, 2.45) is 0 Å². The lowest BCUT2D eigenvalue weighted by Crippen LogP contribution is -2.00. The minimum absolute atomic E-state index is 0.200. The Kier molecular flexibility index (Phi) is 4.34. The number of sulfone groups is 1. The molecule has 0 N–H and O–H groups in total. The van der Waals surface area contributed by atoms with Crippen molar-refractivity contribution in [3.05, 3.63) is 66.4 Å². The number of halogens is 2. The lowest BCUT2D eigenvalue weighted by molar-refractivity contribution is 0.360. The van der Waals surface area contributed by atoms with Crippen LogP contribution in [0.4, 0.5) is 8.78 Å². The highest BCUT2D eigenvalue weighted by atomic mass is 32.2. The van der Waals surface area contributed by atoms with Crippen molar-refractivity contribution in [2.45, 2.75) is 4.90 Å². The molecule has 0 radical (unpaired) electrons. The van der Waals surface area contributed by atoms with Crippen molar-refractivity contribution in [1.29, 1.82) is 0 Å². The van der Waals surface area contributed by atoms with Gasteiger partial charge in [-0.05, 0) is 48.5 Å². The second-order valence-corrected chi connectivity index (χ2v) is 7.52. The first-order valence-electron chi connectivity index (χ1n) is 7.32. The van der Waals surface area contributed by atoms with Crippen LogP contribution >= 0.6 is 0 Å². The molecular weight excluding hydrogens is 348 g/mol. The number of hydrogen-bond donors (Lipinski definition) is 0. The van der Waals surface area contributed by atoms with Crippen molar-refractivity contribution < 1.29 is 21.9 Å². The van der Waals surface area contributed by atoms with Gasteiger partial charge >= 0.3 is 0 Å². The van der Waals surface area contributed by atoms with Crippen molar-refractivity contribution >= 4 is 9.84 Å². The van der Waals surface area contributed by atoms with Crippen molar-refractivity contribution in [2.75, 3.05) is 13.4 Å². The van der Waals surface area contributed by atoms with Crippen molar-refractivity contribution in [3.63, 3.8) is 0 Å². The Balaban J connectivity index is 2.07. The average molecular weight is 363 g/mol. The smallest absolute Gasteiger partial charge is 0.190 e. The van der Waals surface area contributed by atoms with Gasteiger partial charge in [-0.3, -0.25) is 0 Å². The third-order valence-electron chi connectivity index (χ3n) is 3.79. The molecule has 1 heterocycles. The second-order valence-electron chi connectivity index (χ2n) is 5.50. The van der Waals surface area contributed by atoms with Crippen LogP contribution in [0.25, 0.3) is 16.9 Å². The van der Waals surface area contributed by atoms with E-state index >= 15 is 0 Å². The van der Waals surface area contributed by atoms with E-state index in [2.05, 4.69) is 0 Å². The second kappa shape index (κ2) is 6.33. The molecule has 0 atom stereocenters. The monoisotopic (exact) mass is 363 g/mol. The molecule has 0 fully saturated rings. The Morgan fingerprint density at radius 2 is 1.60 bits per heavy atom. The number of aromatic nitrogens is 1. The normalized spacial score (nSPS) is 11.5. The summed E-state index contributed by atoms with van der Waals surface area (Å²) in [6.07, 6.45) is 2.86. The zero-order valence-corrected chi connectivity index (χ0v) is 14.3. The van der Waals surface area contributed by atoms with E-state index in [9.17, 15) is 17.2 Å². The summed E-state index contributed by atoms with van der Waals surface area (Å²) in [4.78, 5) is 0.200. The van der Waals surface area contributed by atoms with Gasteiger partial charge < -0.3 is 9.30 Å². The predicted octanol–water partition coefficient (Wildman–Crippen LogP) is 3.83. The van der Waals surface area contributed by atoms with Crippen LogP contribution in [0.3, 0.4) is 0 Å². The fraction of sp³-hybridized carbons (Fsp3) is 0.111. The number of benzene rings is 2. The van der Waals surface area contributed by atoms with Crippen LogP contribution in [-0.4, -0.2) is 26.4 Å². The molecule has 0 aliphatic carbocycles. The largest absolute Gasteiger partial charge is 0.491 e. The van der Waals surface area contributed by atoms with Gasteiger partial charge in [0.25, 0.3) is 0 Å². The Morgan fingerprint density at radius 1 is 1.00 bits per heavy atom. The maximum absolute atomic E-state index is 14.0. The number of ether oxygens (including phenoxy) is 1. The van der Waals surface area contributed by atoms with E-state index in [-0.39, 0.29) is 4.90 Å². The third-order valence-corrected chi connectivity index (χ3v) is 4.92. The molecule has 7 heteroatoms. The molecule has 2 aromatic carbocycles. The van der Waals surface area contributed by atoms with Crippen LogP contribution in [0.15, 0.2) is 59.6 Å². The molecule has 3 rings (SSSR count). The summed E-state index contributed by atoms with van der Waals surface area (Å²) in [5.74, 6) is -2.02. The van der Waals surface area contributed by atoms with E-state index < -0.39 is 27.2 Å². The number of nitrogens with zero attached hydrogens (tertiary/aromatic N) is 1. The first-order valence-corrected chi connectivity index (χ1v) is 9.21. The van der Waals surface area contributed by atoms with E-state index in [4.69, 9.17) is 4.74 Å². The zero-order valence-electron chi connectivity index (χ0n) is 13.5. The highest BCUT2D eigenvalue weighted by Gasteiger charge is 2.15. The van der Waals surface area contributed by atoms with Crippen LogP contribution < -0.4 is 4.74 Å². The fourth-order valence-electron chi connectivity index (χ4n) is 2.60. The number of hydrogen-bond acceptors (Lipinski definition) is 3. The lowest BCUT2D eigenvalue weighted by Gasteiger charge is -2.12. The maximum Gasteiger partial charge on any atom is 0.190 e. The predicted molar refractivity (Wildman–Crippen MR) is 90.8 cm³/mol. The first-order chi connectivity index (χ1) is 11.8. The SMILES string of the molecule is COc1c(F)cc(-c2cccn2-c2ccc(S(C)(=O)=O)cc2)cc1F. The molecule has 25 heavy (non-hydrogen) atoms. The molecule has 0 saturated carbocycles. The highest BCUT2D eigenvalue weighted by Crippen LogP contribution is 2.30. The van der Waals surface area contributed by atoms with Gasteiger partial charge in [0.05, 0.1) is 17.7 Å². The Morgan fingerprint density at radius 3 is 2.12 bits per heavy atom. The molecule has 0 unspecified atom stereocenters. The molecular formula is C18H15F2NO3S. The number of methoxy groups -OCH3 is 1. The lowest BCUT2D eigenvalue weighted by atomic mass is 10.1. The summed E-state index contributed by atoms with van der Waals surface area (Å²) >= 11 is 0. The molecule has 0 spiro atoms. The molecule has 0 aliphatic rings. The minimum atomic E-state index is -3.29. The standard InChI is InChI=1S/C18H15F2NO3S/c1-24-18-15(19)10-12(11-16(18)20)17-4-3-9-21(17)13-5-7-14(8-6-13)25(2,22)23/h3-11H,1-2H3. The van der Waals surface area contributed by atoms with Gasteiger partial charge in [0, 0.05) is 23.7 Å². The van der Waals surface area contributed by atoms with Gasteiger partial charge in [0.2, 0.25) is 0 Å². The summed E-state index contributed by atoms with van der Waals surface area (Å²) < 4.78 is 57.5. The van der Waals surface area contributed by atoms with Gasteiger partial charge in [0.15, 0.2) is 27.2 Å². The molecule has 0 aliphatic heterocycles. The Bertz CT molecular complexity index is 1000. The zero-order chi connectivity index (χ0) is 18.2. The summed E-state index contributed by atoms with van der Waals surface area (Å²) in [5.41, 5.74) is 1.57. The summed E-state index contributed by atoms with van der Waals surface area (Å²) in [6.45, 7) is 0. The first kappa shape index (κ1) is 17.2. The van der Waals surface area contributed by atoms with Crippen LogP contribution in [0.1, 0.15) is 0 Å². The molecule has 0 bridgehead atoms. The van der Waals surface area contributed by atoms with E-state index in [1.54, 1.807) is 35.0 Å². The fourth-order valence-corrected chi connectivity index (χ4v) is 3.23. The Labute approximate surface area is 144 Å². The minimum Gasteiger partial charge on any atom is -0.491 e. The Hall–Kier alpha value is -2.67. The molecule has 130 valence electrons. The van der Waals surface area contributed by atoms with E-state index in [0.29, 0.717) is 16.9 Å². The summed E-state index contributed by atoms with van der Waals surface area (Å²) in [7, 11) is -2.09. The van der Waals surface area contributed by atoms with Gasteiger partial charge in [-0.2, -0.15) is 0 Å². The van der Waals surface area contributed by atoms with E-state index in [0.717, 1.165) is 6.26 Å². The molecule has 4 nitrogen and oxygen atoms in total. The molecule has 0 saturated heterocycles. The molecule has 3 aromatic rings. The van der Waals surface area contributed by atoms with Gasteiger partial charge in [-0.15, -0.1) is 0 Å². The average Bonchev–Trinajstić information content (AvgIpc) is 3.03. The molecule has 1 aromatic heterocycles. The topological polar surface area (TPSA) is 48.3 Å². The van der Waals surface area contributed by atoms with Crippen molar-refractivity contribution in [3.8, 4) is 22.7 Å². The van der Waals surface area contributed by atoms with Crippen LogP contribution in [0.2, 0.25) is 0 Å². The van der Waals surface area contributed by atoms with Crippen LogP contribution in [-0.2, 0) is 9.84 Å². The van der Waals surface area contributed by atoms with Crippen LogP contribution in [0, 0.1) is 11.6 Å². The van der Waals surface area contributed by atoms with Gasteiger partial charge in [0.1, 0.15) is 0 Å². The third kappa shape index (κ3) is 3.28. The van der Waals surface area contributed by atoms with Gasteiger partial charge in [-0.1, -0.05) is 0 Å². The quantitative estimate of drug-likeness (QED) is 0.708. The van der Waals surface area contributed by atoms with E-state index in [1.165, 1.54) is 31.4 Å². The highest BCUT2D eigenvalue weighted by molar-refractivity contribution is 7.90. The van der Waals surface area contributed by atoms with Crippen LogP contribution in [0.5, 0.6) is 5.75 Å². The summed E-state index contributed by atoms with van der Waals surface area (Å²) in [5, 5.41) is 0. The summed E-state index contributed by atoms with van der Waals surface area (Å²) in [6, 6.07) is 12.1. The van der Waals surface area contributed by atoms with Crippen molar-refractivity contribution in [1.82, 2.24) is 4.57 Å². The maximum atomic E-state index is 14.0.